The fourth-order valence-corrected chi connectivity index (χ4v) is 9.10. The Morgan fingerprint density at radius 3 is 2.50 bits per heavy atom. The van der Waals surface area contributed by atoms with Crippen molar-refractivity contribution in [1.29, 1.82) is 0 Å². The molecule has 3 heteroatoms. The van der Waals surface area contributed by atoms with Gasteiger partial charge in [-0.25, -0.2) is 0 Å². The molecular weight excluding hydrogens is 300 g/mol. The van der Waals surface area contributed by atoms with Crippen molar-refractivity contribution in [2.45, 2.75) is 77.9 Å². The monoisotopic (exact) mass is 332 g/mol. The molecule has 0 heterocycles. The number of fused-ring (bicyclic) bond motifs is 4. The maximum absolute atomic E-state index is 12.2. The van der Waals surface area contributed by atoms with Crippen LogP contribution in [0.1, 0.15) is 65.7 Å². The van der Waals surface area contributed by atoms with Crippen LogP contribution in [-0.4, -0.2) is 28.2 Å². The van der Waals surface area contributed by atoms with Gasteiger partial charge in [0.15, 0.2) is 0 Å². The zero-order valence-corrected chi connectivity index (χ0v) is 15.3. The molecular formula is C21H32O3. The largest absolute Gasteiger partial charge is 0.393 e. The van der Waals surface area contributed by atoms with Crippen molar-refractivity contribution >= 4 is 5.78 Å². The van der Waals surface area contributed by atoms with Gasteiger partial charge in [-0.1, -0.05) is 13.8 Å². The van der Waals surface area contributed by atoms with E-state index in [0.717, 1.165) is 25.7 Å². The Hall–Kier alpha value is -0.410. The van der Waals surface area contributed by atoms with Gasteiger partial charge in [-0.2, -0.15) is 0 Å². The lowest BCUT2D eigenvalue weighted by Crippen LogP contribution is -2.61. The Bertz CT molecular complexity index is 602. The van der Waals surface area contributed by atoms with E-state index in [-0.39, 0.29) is 34.4 Å². The van der Waals surface area contributed by atoms with Crippen molar-refractivity contribution in [3.8, 4) is 0 Å². The number of aliphatic hydroxyl groups excluding tert-OH is 2. The summed E-state index contributed by atoms with van der Waals surface area (Å²) in [5, 5.41) is 22.4. The molecule has 24 heavy (non-hydrogen) atoms. The molecule has 0 aromatic rings. The fraction of sp³-hybridized carbons (Fsp3) is 0.952. The van der Waals surface area contributed by atoms with Crippen molar-refractivity contribution in [3.05, 3.63) is 0 Å². The number of ketones is 1. The van der Waals surface area contributed by atoms with Crippen LogP contribution < -0.4 is 0 Å². The van der Waals surface area contributed by atoms with E-state index in [1.165, 1.54) is 19.3 Å². The second kappa shape index (κ2) is 4.46. The normalized spacial score (nSPS) is 64.0. The van der Waals surface area contributed by atoms with Crippen LogP contribution in [0.25, 0.3) is 0 Å². The first kappa shape index (κ1) is 15.8. The Labute approximate surface area is 145 Å². The number of hydrogen-bond donors (Lipinski definition) is 2. The summed E-state index contributed by atoms with van der Waals surface area (Å²) in [5.41, 5.74) is 0.158. The molecule has 134 valence electrons. The molecule has 10 atom stereocenters. The summed E-state index contributed by atoms with van der Waals surface area (Å²) < 4.78 is 0. The van der Waals surface area contributed by atoms with Gasteiger partial charge < -0.3 is 10.2 Å². The Morgan fingerprint density at radius 1 is 1.08 bits per heavy atom. The number of hydrogen-bond acceptors (Lipinski definition) is 3. The summed E-state index contributed by atoms with van der Waals surface area (Å²) in [6.45, 7) is 6.36. The van der Waals surface area contributed by atoms with E-state index in [2.05, 4.69) is 13.8 Å². The SMILES string of the molecule is CC(=O)[C@@H]1CC[C@@H]2[C@@H]3C[C@H](O)[C@]45C[C@H]4CC[C@]5(C)[C@H]3[C@H](O)C[C@]21C. The van der Waals surface area contributed by atoms with E-state index in [1.807, 2.05) is 0 Å². The van der Waals surface area contributed by atoms with Crippen molar-refractivity contribution < 1.29 is 15.0 Å². The molecule has 0 bridgehead atoms. The van der Waals surface area contributed by atoms with Crippen molar-refractivity contribution in [2.24, 2.45) is 45.8 Å². The lowest BCUT2D eigenvalue weighted by atomic mass is 9.44. The zero-order valence-electron chi connectivity index (χ0n) is 15.3. The molecule has 5 fully saturated rings. The van der Waals surface area contributed by atoms with Gasteiger partial charge in [0.2, 0.25) is 0 Å². The molecule has 0 aromatic carbocycles. The summed E-state index contributed by atoms with van der Waals surface area (Å²) in [4.78, 5) is 12.2. The quantitative estimate of drug-likeness (QED) is 0.775. The van der Waals surface area contributed by atoms with Crippen LogP contribution in [0.5, 0.6) is 0 Å². The Balaban J connectivity index is 1.56. The number of carbonyl (C=O) groups excluding carboxylic acids is 1. The van der Waals surface area contributed by atoms with Crippen LogP contribution in [0.2, 0.25) is 0 Å². The molecule has 5 aliphatic carbocycles. The van der Waals surface area contributed by atoms with Gasteiger partial charge in [0, 0.05) is 11.3 Å². The predicted octanol–water partition coefficient (Wildman–Crippen LogP) is 3.18. The third-order valence-electron chi connectivity index (χ3n) is 10.00. The van der Waals surface area contributed by atoms with E-state index >= 15 is 0 Å². The summed E-state index contributed by atoms with van der Waals surface area (Å²) in [5.74, 6) is 2.34. The molecule has 0 saturated heterocycles. The Morgan fingerprint density at radius 2 is 1.83 bits per heavy atom. The average molecular weight is 332 g/mol. The highest BCUT2D eigenvalue weighted by Gasteiger charge is 2.78. The Kier molecular flexibility index (Phi) is 2.94. The summed E-state index contributed by atoms with van der Waals surface area (Å²) in [7, 11) is 0. The van der Waals surface area contributed by atoms with Gasteiger partial charge in [-0.15, -0.1) is 0 Å². The van der Waals surface area contributed by atoms with Crippen LogP contribution in [0.4, 0.5) is 0 Å². The van der Waals surface area contributed by atoms with Gasteiger partial charge in [-0.05, 0) is 86.4 Å². The van der Waals surface area contributed by atoms with Crippen LogP contribution in [-0.2, 0) is 4.79 Å². The maximum Gasteiger partial charge on any atom is 0.133 e. The van der Waals surface area contributed by atoms with E-state index in [9.17, 15) is 15.0 Å². The second-order valence-electron chi connectivity index (χ2n) is 10.5. The molecule has 0 aromatic heterocycles. The minimum Gasteiger partial charge on any atom is -0.393 e. The third kappa shape index (κ3) is 1.52. The van der Waals surface area contributed by atoms with Gasteiger partial charge in [0.1, 0.15) is 5.78 Å². The molecule has 0 aliphatic heterocycles. The van der Waals surface area contributed by atoms with Crippen molar-refractivity contribution in [1.82, 2.24) is 0 Å². The third-order valence-corrected chi connectivity index (χ3v) is 10.00. The van der Waals surface area contributed by atoms with E-state index in [1.54, 1.807) is 6.92 Å². The smallest absolute Gasteiger partial charge is 0.133 e. The standard InChI is InChI=1S/C21H32O3/c1-11(22)14-4-5-15-13-8-17(24)21-9-12(21)6-7-20(21,3)18(13)16(23)10-19(14,15)2/h12-18,23-24H,4-10H2,1-3H3/t12-,13+,14+,15-,16-,17+,18-,19+,20-,21+/m1/s1. The van der Waals surface area contributed by atoms with Crippen LogP contribution in [0, 0.1) is 45.8 Å². The second-order valence-corrected chi connectivity index (χ2v) is 10.5. The molecule has 0 radical (unpaired) electrons. The molecule has 5 saturated carbocycles. The lowest BCUT2D eigenvalue weighted by molar-refractivity contribution is -0.193. The highest BCUT2D eigenvalue weighted by Crippen LogP contribution is 2.81. The number of aliphatic hydroxyl groups is 2. The van der Waals surface area contributed by atoms with Crippen LogP contribution in [0.3, 0.4) is 0 Å². The lowest BCUT2D eigenvalue weighted by Gasteiger charge is -2.61. The first-order valence-electron chi connectivity index (χ1n) is 10.1. The first-order valence-corrected chi connectivity index (χ1v) is 10.1. The molecule has 3 nitrogen and oxygen atoms in total. The minimum atomic E-state index is -0.301. The minimum absolute atomic E-state index is 0.0610. The summed E-state index contributed by atoms with van der Waals surface area (Å²) >= 11 is 0. The molecule has 5 rings (SSSR count). The fourth-order valence-electron chi connectivity index (χ4n) is 9.10. The number of rotatable bonds is 1. The first-order chi connectivity index (χ1) is 11.3. The number of Topliss-reactive ketones (excluding diaryl/α,β-unsaturated/α-hetero) is 1. The van der Waals surface area contributed by atoms with Gasteiger partial charge in [0.05, 0.1) is 12.2 Å². The average Bonchev–Trinajstić information content (AvgIpc) is 3.02. The summed E-state index contributed by atoms with van der Waals surface area (Å²) in [6.07, 6.45) is 6.83. The predicted molar refractivity (Wildman–Crippen MR) is 91.1 cm³/mol. The number of carbonyl (C=O) groups is 1. The van der Waals surface area contributed by atoms with Gasteiger partial charge in [0.25, 0.3) is 0 Å². The molecule has 0 unspecified atom stereocenters. The van der Waals surface area contributed by atoms with Crippen LogP contribution in [0.15, 0.2) is 0 Å². The topological polar surface area (TPSA) is 57.5 Å². The van der Waals surface area contributed by atoms with Gasteiger partial charge >= 0.3 is 0 Å². The van der Waals surface area contributed by atoms with Crippen molar-refractivity contribution in [3.63, 3.8) is 0 Å². The van der Waals surface area contributed by atoms with Gasteiger partial charge in [-0.3, -0.25) is 4.79 Å². The van der Waals surface area contributed by atoms with Crippen molar-refractivity contribution in [2.75, 3.05) is 0 Å². The molecule has 5 aliphatic rings. The molecule has 1 spiro atoms. The van der Waals surface area contributed by atoms with Crippen LogP contribution >= 0.6 is 0 Å². The molecule has 2 N–H and O–H groups in total. The maximum atomic E-state index is 12.2. The van der Waals surface area contributed by atoms with E-state index in [4.69, 9.17) is 0 Å². The van der Waals surface area contributed by atoms with E-state index < -0.39 is 0 Å². The summed E-state index contributed by atoms with van der Waals surface area (Å²) in [6, 6.07) is 0. The van der Waals surface area contributed by atoms with E-state index in [0.29, 0.717) is 29.5 Å². The highest BCUT2D eigenvalue weighted by atomic mass is 16.3. The zero-order chi connectivity index (χ0) is 17.1. The molecule has 0 amide bonds. The highest BCUT2D eigenvalue weighted by molar-refractivity contribution is 5.79.